The molecule has 0 amide bonds. The summed E-state index contributed by atoms with van der Waals surface area (Å²) in [6.45, 7) is 0. The Bertz CT molecular complexity index is 444. The van der Waals surface area contributed by atoms with E-state index in [2.05, 4.69) is 0 Å². The highest BCUT2D eigenvalue weighted by Crippen LogP contribution is 2.27. The predicted molar refractivity (Wildman–Crippen MR) is 48.4 cm³/mol. The smallest absolute Gasteiger partial charge is 0.308 e. The van der Waals surface area contributed by atoms with Gasteiger partial charge in [-0.25, -0.2) is 8.78 Å². The van der Waals surface area contributed by atoms with Gasteiger partial charge in [0, 0.05) is 11.8 Å². The van der Waals surface area contributed by atoms with Crippen LogP contribution in [0.1, 0.15) is 17.6 Å². The predicted octanol–water partition coefficient (Wildman–Crippen LogP) is 1.59. The highest BCUT2D eigenvalue weighted by atomic mass is 35.5. The summed E-state index contributed by atoms with van der Waals surface area (Å²) in [5, 5.41) is 7.96. The molecule has 1 aromatic heterocycles. The molecule has 1 rings (SSSR count). The normalized spacial score (nSPS) is 10.7. The second kappa shape index (κ2) is 4.39. The number of pyridine rings is 1. The molecule has 2 N–H and O–H groups in total. The molecule has 4 nitrogen and oxygen atoms in total. The molecule has 0 aliphatic carbocycles. The van der Waals surface area contributed by atoms with Gasteiger partial charge in [0.05, 0.1) is 17.0 Å². The third-order valence-corrected chi connectivity index (χ3v) is 2.16. The zero-order valence-corrected chi connectivity index (χ0v) is 8.02. The first-order valence-corrected chi connectivity index (χ1v) is 4.21. The maximum atomic E-state index is 12.3. The fraction of sp³-hybridized carbons (Fsp3) is 0.250. The molecule has 15 heavy (non-hydrogen) atoms. The van der Waals surface area contributed by atoms with Crippen molar-refractivity contribution in [3.05, 3.63) is 32.7 Å². The van der Waals surface area contributed by atoms with Crippen molar-refractivity contribution in [1.29, 1.82) is 0 Å². The lowest BCUT2D eigenvalue weighted by atomic mass is 10.1. The summed E-state index contributed by atoms with van der Waals surface area (Å²) < 4.78 is 24.6. The summed E-state index contributed by atoms with van der Waals surface area (Å²) in [5.41, 5.74) is -1.71. The van der Waals surface area contributed by atoms with Crippen LogP contribution in [0, 0.1) is 0 Å². The van der Waals surface area contributed by atoms with Gasteiger partial charge in [-0.15, -0.1) is 0 Å². The maximum absolute atomic E-state index is 12.3. The number of aromatic amines is 1. The lowest BCUT2D eigenvalue weighted by Crippen LogP contribution is -2.17. The maximum Gasteiger partial charge on any atom is 0.308 e. The first kappa shape index (κ1) is 11.6. The fourth-order valence-electron chi connectivity index (χ4n) is 1.04. The van der Waals surface area contributed by atoms with Gasteiger partial charge in [-0.1, -0.05) is 11.6 Å². The molecule has 0 fully saturated rings. The number of carboxylic acids is 1. The van der Waals surface area contributed by atoms with Crippen LogP contribution in [-0.4, -0.2) is 16.1 Å². The second-order valence-electron chi connectivity index (χ2n) is 2.74. The van der Waals surface area contributed by atoms with Crippen molar-refractivity contribution in [2.24, 2.45) is 0 Å². The van der Waals surface area contributed by atoms with Crippen LogP contribution in [0.25, 0.3) is 0 Å². The van der Waals surface area contributed by atoms with Crippen molar-refractivity contribution in [1.82, 2.24) is 4.98 Å². The summed E-state index contributed by atoms with van der Waals surface area (Å²) in [5.74, 6) is -1.31. The van der Waals surface area contributed by atoms with Gasteiger partial charge in [-0.3, -0.25) is 9.59 Å². The number of halogens is 3. The molecule has 0 aromatic carbocycles. The number of carbonyl (C=O) groups is 1. The number of aromatic nitrogens is 1. The van der Waals surface area contributed by atoms with E-state index < -0.39 is 35.0 Å². The van der Waals surface area contributed by atoms with E-state index in [0.29, 0.717) is 0 Å². The molecule has 0 aliphatic heterocycles. The van der Waals surface area contributed by atoms with E-state index in [0.717, 1.165) is 6.20 Å². The number of rotatable bonds is 3. The van der Waals surface area contributed by atoms with Gasteiger partial charge in [-0.2, -0.15) is 0 Å². The highest BCUT2D eigenvalue weighted by molar-refractivity contribution is 6.32. The van der Waals surface area contributed by atoms with E-state index in [1.807, 2.05) is 4.98 Å². The zero-order valence-electron chi connectivity index (χ0n) is 7.26. The van der Waals surface area contributed by atoms with Gasteiger partial charge < -0.3 is 10.1 Å². The minimum atomic E-state index is -2.86. The van der Waals surface area contributed by atoms with Crippen molar-refractivity contribution in [3.8, 4) is 0 Å². The third kappa shape index (κ3) is 2.53. The molecule has 0 bridgehead atoms. The van der Waals surface area contributed by atoms with Crippen molar-refractivity contribution in [2.75, 3.05) is 0 Å². The van der Waals surface area contributed by atoms with Crippen LogP contribution in [0.5, 0.6) is 0 Å². The Morgan fingerprint density at radius 2 is 2.20 bits per heavy atom. The SMILES string of the molecule is O=C(O)Cc1c(Cl)c(C(F)F)c[nH]c1=O. The Morgan fingerprint density at radius 1 is 1.60 bits per heavy atom. The first-order valence-electron chi connectivity index (χ1n) is 3.83. The van der Waals surface area contributed by atoms with E-state index in [1.165, 1.54) is 0 Å². The molecule has 0 atom stereocenters. The molecular weight excluding hydrogens is 232 g/mol. The number of nitrogens with one attached hydrogen (secondary N) is 1. The van der Waals surface area contributed by atoms with Crippen LogP contribution in [-0.2, 0) is 11.2 Å². The molecule has 0 radical (unpaired) electrons. The summed E-state index contributed by atoms with van der Waals surface area (Å²) in [4.78, 5) is 23.5. The third-order valence-electron chi connectivity index (χ3n) is 1.71. The molecule has 1 heterocycles. The van der Waals surface area contributed by atoms with Crippen molar-refractivity contribution >= 4 is 17.6 Å². The van der Waals surface area contributed by atoms with E-state index in [9.17, 15) is 18.4 Å². The van der Waals surface area contributed by atoms with E-state index in [1.54, 1.807) is 0 Å². The largest absolute Gasteiger partial charge is 0.481 e. The Morgan fingerprint density at radius 3 is 2.67 bits per heavy atom. The average Bonchev–Trinajstić information content (AvgIpc) is 2.11. The Labute approximate surface area is 87.5 Å². The summed E-state index contributed by atoms with van der Waals surface area (Å²) in [6, 6.07) is 0. The number of H-pyrrole nitrogens is 1. The summed E-state index contributed by atoms with van der Waals surface area (Å²) in [7, 11) is 0. The van der Waals surface area contributed by atoms with Crippen LogP contribution in [0.15, 0.2) is 11.0 Å². The van der Waals surface area contributed by atoms with E-state index in [4.69, 9.17) is 16.7 Å². The van der Waals surface area contributed by atoms with Gasteiger partial charge in [0.15, 0.2) is 0 Å². The molecule has 82 valence electrons. The topological polar surface area (TPSA) is 70.2 Å². The average molecular weight is 238 g/mol. The monoisotopic (exact) mass is 237 g/mol. The Balaban J connectivity index is 3.30. The van der Waals surface area contributed by atoms with Crippen LogP contribution in [0.4, 0.5) is 8.78 Å². The lowest BCUT2D eigenvalue weighted by molar-refractivity contribution is -0.136. The number of aliphatic carboxylic acids is 1. The van der Waals surface area contributed by atoms with Gasteiger partial charge in [-0.05, 0) is 0 Å². The zero-order chi connectivity index (χ0) is 11.6. The van der Waals surface area contributed by atoms with Gasteiger partial charge in [0.25, 0.3) is 12.0 Å². The quantitative estimate of drug-likeness (QED) is 0.839. The summed E-state index contributed by atoms with van der Waals surface area (Å²) in [6.07, 6.45) is -2.77. The van der Waals surface area contributed by atoms with Crippen LogP contribution in [0.2, 0.25) is 5.02 Å². The molecule has 0 aliphatic rings. The molecule has 0 saturated carbocycles. The van der Waals surface area contributed by atoms with Crippen LogP contribution >= 0.6 is 11.6 Å². The molecular formula is C8H6ClF2NO3. The fourth-order valence-corrected chi connectivity index (χ4v) is 1.33. The molecule has 0 spiro atoms. The number of carboxylic acid groups (broad SMARTS) is 1. The Hall–Kier alpha value is -1.43. The van der Waals surface area contributed by atoms with Crippen LogP contribution in [0.3, 0.4) is 0 Å². The van der Waals surface area contributed by atoms with Crippen molar-refractivity contribution in [3.63, 3.8) is 0 Å². The molecule has 0 unspecified atom stereocenters. The first-order chi connectivity index (χ1) is 6.93. The number of hydrogen-bond acceptors (Lipinski definition) is 2. The van der Waals surface area contributed by atoms with E-state index in [-0.39, 0.29) is 5.56 Å². The van der Waals surface area contributed by atoms with Gasteiger partial charge in [0.1, 0.15) is 0 Å². The lowest BCUT2D eigenvalue weighted by Gasteiger charge is -2.05. The van der Waals surface area contributed by atoms with Crippen molar-refractivity contribution in [2.45, 2.75) is 12.8 Å². The van der Waals surface area contributed by atoms with Gasteiger partial charge in [0.2, 0.25) is 0 Å². The standard InChI is InChI=1S/C8H6ClF2NO3/c9-6-3(1-5(13)14)8(15)12-2-4(6)7(10)11/h2,7H,1H2,(H,12,15)(H,13,14). The highest BCUT2D eigenvalue weighted by Gasteiger charge is 2.18. The molecule has 7 heteroatoms. The minimum absolute atomic E-state index is 0.359. The van der Waals surface area contributed by atoms with Gasteiger partial charge >= 0.3 is 5.97 Å². The van der Waals surface area contributed by atoms with Crippen molar-refractivity contribution < 1.29 is 18.7 Å². The second-order valence-corrected chi connectivity index (χ2v) is 3.11. The number of alkyl halides is 2. The minimum Gasteiger partial charge on any atom is -0.481 e. The molecule has 1 aromatic rings. The molecule has 0 saturated heterocycles. The Kier molecular flexibility index (Phi) is 3.41. The number of hydrogen-bond donors (Lipinski definition) is 2. The van der Waals surface area contributed by atoms with Crippen LogP contribution < -0.4 is 5.56 Å². The van der Waals surface area contributed by atoms with E-state index >= 15 is 0 Å². The summed E-state index contributed by atoms with van der Waals surface area (Å²) >= 11 is 5.49.